The van der Waals surface area contributed by atoms with Gasteiger partial charge in [0.2, 0.25) is 0 Å². The predicted molar refractivity (Wildman–Crippen MR) is 69.0 cm³/mol. The number of carbonyl (C=O) groups excluding carboxylic acids is 2. The zero-order chi connectivity index (χ0) is 14.0. The number of rotatable bonds is 2. The summed E-state index contributed by atoms with van der Waals surface area (Å²) in [6.07, 6.45) is 0. The molecule has 0 amide bonds. The number of carbonyl (C=O) groups is 2. The van der Waals surface area contributed by atoms with Gasteiger partial charge in [0, 0.05) is 25.2 Å². The van der Waals surface area contributed by atoms with Crippen molar-refractivity contribution in [2.45, 2.75) is 26.6 Å². The molecule has 2 rings (SSSR count). The lowest BCUT2D eigenvalue weighted by molar-refractivity contribution is -0.222. The molecule has 1 saturated heterocycles. The van der Waals surface area contributed by atoms with Crippen LogP contribution in [-0.4, -0.2) is 17.7 Å². The third-order valence-corrected chi connectivity index (χ3v) is 2.57. The first kappa shape index (κ1) is 13.1. The molecule has 19 heavy (non-hydrogen) atoms. The highest BCUT2D eigenvalue weighted by Crippen LogP contribution is 2.25. The zero-order valence-corrected chi connectivity index (χ0v) is 11.0. The summed E-state index contributed by atoms with van der Waals surface area (Å²) in [7, 11) is 0. The van der Waals surface area contributed by atoms with Crippen LogP contribution in [0.15, 0.2) is 41.6 Å². The van der Waals surface area contributed by atoms with Crippen molar-refractivity contribution in [2.75, 3.05) is 5.32 Å². The van der Waals surface area contributed by atoms with Gasteiger partial charge in [-0.05, 0) is 19.1 Å². The van der Waals surface area contributed by atoms with Gasteiger partial charge >= 0.3 is 11.9 Å². The van der Waals surface area contributed by atoms with Crippen LogP contribution in [0.25, 0.3) is 0 Å². The van der Waals surface area contributed by atoms with Crippen LogP contribution in [0.5, 0.6) is 0 Å². The van der Waals surface area contributed by atoms with E-state index in [4.69, 9.17) is 9.47 Å². The Balaban J connectivity index is 2.26. The molecule has 1 fully saturated rings. The summed E-state index contributed by atoms with van der Waals surface area (Å²) in [5, 5.41) is 2.98. The van der Waals surface area contributed by atoms with E-state index in [1.54, 1.807) is 6.92 Å². The third kappa shape index (κ3) is 2.93. The number of nitrogens with one attached hydrogen (secondary N) is 1. The maximum atomic E-state index is 11.8. The number of allylic oxidation sites excluding steroid dienone is 1. The predicted octanol–water partition coefficient (Wildman–Crippen LogP) is 2.21. The fraction of sp³-hybridized carbons (Fsp3) is 0.286. The first-order chi connectivity index (χ1) is 8.89. The molecule has 100 valence electrons. The fourth-order valence-corrected chi connectivity index (χ4v) is 1.76. The van der Waals surface area contributed by atoms with Crippen molar-refractivity contribution in [3.05, 3.63) is 41.6 Å². The van der Waals surface area contributed by atoms with Crippen LogP contribution < -0.4 is 5.32 Å². The minimum atomic E-state index is -1.22. The Kier molecular flexibility index (Phi) is 3.29. The maximum absolute atomic E-state index is 11.8. The molecule has 0 aromatic heterocycles. The van der Waals surface area contributed by atoms with Crippen LogP contribution in [0.3, 0.4) is 0 Å². The molecule has 1 aromatic rings. The van der Waals surface area contributed by atoms with Crippen molar-refractivity contribution >= 4 is 17.6 Å². The minimum Gasteiger partial charge on any atom is -0.419 e. The van der Waals surface area contributed by atoms with Crippen LogP contribution in [0, 0.1) is 0 Å². The molecule has 0 bridgehead atoms. The summed E-state index contributed by atoms with van der Waals surface area (Å²) in [5.41, 5.74) is 1.07. The first-order valence-corrected chi connectivity index (χ1v) is 5.89. The first-order valence-electron chi connectivity index (χ1n) is 5.89. The molecule has 5 nitrogen and oxygen atoms in total. The highest BCUT2D eigenvalue weighted by molar-refractivity contribution is 6.16. The number of benzene rings is 1. The largest absolute Gasteiger partial charge is 0.419 e. The third-order valence-electron chi connectivity index (χ3n) is 2.57. The number of hydrogen-bond donors (Lipinski definition) is 1. The Morgan fingerprint density at radius 2 is 1.58 bits per heavy atom. The topological polar surface area (TPSA) is 64.6 Å². The van der Waals surface area contributed by atoms with Gasteiger partial charge in [-0.2, -0.15) is 0 Å². The van der Waals surface area contributed by atoms with Gasteiger partial charge in [0.25, 0.3) is 5.79 Å². The molecule has 1 N–H and O–H groups in total. The summed E-state index contributed by atoms with van der Waals surface area (Å²) in [6, 6.07) is 9.22. The average Bonchev–Trinajstić information content (AvgIpc) is 2.27. The molecule has 0 saturated carbocycles. The lowest BCUT2D eigenvalue weighted by Crippen LogP contribution is -2.42. The van der Waals surface area contributed by atoms with E-state index in [-0.39, 0.29) is 5.57 Å². The van der Waals surface area contributed by atoms with Gasteiger partial charge in [0.1, 0.15) is 0 Å². The summed E-state index contributed by atoms with van der Waals surface area (Å²) < 4.78 is 10.1. The van der Waals surface area contributed by atoms with Gasteiger partial charge in [0.05, 0.1) is 0 Å². The van der Waals surface area contributed by atoms with Crippen molar-refractivity contribution in [1.82, 2.24) is 0 Å². The van der Waals surface area contributed by atoms with E-state index in [0.29, 0.717) is 5.70 Å². The van der Waals surface area contributed by atoms with Crippen molar-refractivity contribution in [2.24, 2.45) is 0 Å². The Bertz CT molecular complexity index is 524. The van der Waals surface area contributed by atoms with Gasteiger partial charge in [-0.3, -0.25) is 0 Å². The van der Waals surface area contributed by atoms with Gasteiger partial charge in [-0.15, -0.1) is 0 Å². The molecular formula is C14H15NO4. The van der Waals surface area contributed by atoms with Crippen LogP contribution in [0.1, 0.15) is 20.8 Å². The van der Waals surface area contributed by atoms with E-state index in [1.165, 1.54) is 13.8 Å². The molecule has 0 aliphatic carbocycles. The fourth-order valence-electron chi connectivity index (χ4n) is 1.76. The van der Waals surface area contributed by atoms with Crippen molar-refractivity contribution in [3.8, 4) is 0 Å². The molecule has 5 heteroatoms. The zero-order valence-electron chi connectivity index (χ0n) is 11.0. The standard InChI is InChI=1S/C14H15NO4/c1-9(15-10-7-5-4-6-8-10)11-12(16)18-14(2,3)19-13(11)17/h4-8,15H,1-3H3. The molecule has 1 aliphatic heterocycles. The normalized spacial score (nSPS) is 17.5. The van der Waals surface area contributed by atoms with E-state index in [1.807, 2.05) is 30.3 Å². The lowest BCUT2D eigenvalue weighted by Gasteiger charge is -2.30. The highest BCUT2D eigenvalue weighted by atomic mass is 16.7. The second-order valence-corrected chi connectivity index (χ2v) is 4.67. The second kappa shape index (κ2) is 4.76. The second-order valence-electron chi connectivity index (χ2n) is 4.67. The van der Waals surface area contributed by atoms with Crippen LogP contribution in [0.4, 0.5) is 5.69 Å². The number of anilines is 1. The Labute approximate surface area is 111 Å². The van der Waals surface area contributed by atoms with E-state index >= 15 is 0 Å². The Morgan fingerprint density at radius 1 is 1.05 bits per heavy atom. The van der Waals surface area contributed by atoms with E-state index < -0.39 is 17.7 Å². The molecule has 1 heterocycles. The quantitative estimate of drug-likeness (QED) is 0.502. The lowest BCUT2D eigenvalue weighted by atomic mass is 10.1. The molecular weight excluding hydrogens is 246 g/mol. The van der Waals surface area contributed by atoms with Crippen LogP contribution in [-0.2, 0) is 19.1 Å². The van der Waals surface area contributed by atoms with E-state index in [9.17, 15) is 9.59 Å². The van der Waals surface area contributed by atoms with Gasteiger partial charge in [-0.25, -0.2) is 9.59 Å². The number of esters is 2. The molecule has 1 aliphatic rings. The van der Waals surface area contributed by atoms with Crippen LogP contribution in [0.2, 0.25) is 0 Å². The summed E-state index contributed by atoms with van der Waals surface area (Å²) in [6.45, 7) is 4.66. The maximum Gasteiger partial charge on any atom is 0.350 e. The monoisotopic (exact) mass is 261 g/mol. The molecule has 0 atom stereocenters. The average molecular weight is 261 g/mol. The smallest absolute Gasteiger partial charge is 0.350 e. The molecule has 0 spiro atoms. The number of para-hydroxylation sites is 1. The Hall–Kier alpha value is -2.30. The van der Waals surface area contributed by atoms with Gasteiger partial charge in [0.15, 0.2) is 5.57 Å². The van der Waals surface area contributed by atoms with E-state index in [0.717, 1.165) is 5.69 Å². The Morgan fingerprint density at radius 3 is 2.11 bits per heavy atom. The molecule has 0 radical (unpaired) electrons. The molecule has 1 aromatic carbocycles. The minimum absolute atomic E-state index is 0.108. The number of hydrogen-bond acceptors (Lipinski definition) is 5. The van der Waals surface area contributed by atoms with Gasteiger partial charge < -0.3 is 14.8 Å². The molecule has 0 unspecified atom stereocenters. The van der Waals surface area contributed by atoms with Crippen LogP contribution >= 0.6 is 0 Å². The number of cyclic esters (lactones) is 2. The summed E-state index contributed by atoms with van der Waals surface area (Å²) in [5.74, 6) is -2.57. The van der Waals surface area contributed by atoms with Crippen molar-refractivity contribution in [1.29, 1.82) is 0 Å². The summed E-state index contributed by atoms with van der Waals surface area (Å²) in [4.78, 5) is 23.7. The van der Waals surface area contributed by atoms with Crippen molar-refractivity contribution < 1.29 is 19.1 Å². The number of ether oxygens (including phenoxy) is 2. The van der Waals surface area contributed by atoms with Gasteiger partial charge in [-0.1, -0.05) is 18.2 Å². The highest BCUT2D eigenvalue weighted by Gasteiger charge is 2.40. The van der Waals surface area contributed by atoms with E-state index in [2.05, 4.69) is 5.32 Å². The van der Waals surface area contributed by atoms with Crippen molar-refractivity contribution in [3.63, 3.8) is 0 Å². The SMILES string of the molecule is CC(Nc1ccccc1)=C1C(=O)OC(C)(C)OC1=O. The summed E-state index contributed by atoms with van der Waals surface area (Å²) >= 11 is 0.